The third kappa shape index (κ3) is 1.94. The van der Waals surface area contributed by atoms with E-state index in [-0.39, 0.29) is 0 Å². The highest BCUT2D eigenvalue weighted by molar-refractivity contribution is 5.80. The van der Waals surface area contributed by atoms with Crippen molar-refractivity contribution in [2.75, 3.05) is 20.8 Å². The number of rotatable bonds is 4. The number of ether oxygens (including phenoxy) is 2. The maximum absolute atomic E-state index is 5.07. The largest absolute Gasteiger partial charge is 0.481 e. The lowest BCUT2D eigenvalue weighted by Crippen LogP contribution is -2.02. The first kappa shape index (κ1) is 9.98. The molecule has 0 saturated carbocycles. The van der Waals surface area contributed by atoms with Crippen LogP contribution in [0.3, 0.4) is 0 Å². The molecule has 4 heteroatoms. The summed E-state index contributed by atoms with van der Waals surface area (Å²) < 4.78 is 12.2. The van der Waals surface area contributed by atoms with Gasteiger partial charge >= 0.3 is 0 Å². The number of pyridine rings is 1. The summed E-state index contributed by atoms with van der Waals surface area (Å²) in [6.07, 6.45) is 3.86. The van der Waals surface area contributed by atoms with Crippen LogP contribution in [0.2, 0.25) is 0 Å². The summed E-state index contributed by atoms with van der Waals surface area (Å²) in [5.74, 6) is 0.645. The van der Waals surface area contributed by atoms with E-state index in [4.69, 9.17) is 9.47 Å². The van der Waals surface area contributed by atoms with Crippen molar-refractivity contribution in [2.24, 2.45) is 0 Å². The van der Waals surface area contributed by atoms with Gasteiger partial charge in [0.25, 0.3) is 0 Å². The highest BCUT2D eigenvalue weighted by Gasteiger charge is 2.02. The van der Waals surface area contributed by atoms with Crippen LogP contribution in [0.15, 0.2) is 24.5 Å². The Kier molecular flexibility index (Phi) is 2.87. The molecule has 0 saturated heterocycles. The molecule has 80 valence electrons. The molecule has 0 amide bonds. The van der Waals surface area contributed by atoms with E-state index in [1.807, 2.05) is 18.5 Å². The smallest absolute Gasteiger partial charge is 0.213 e. The van der Waals surface area contributed by atoms with Crippen LogP contribution in [0, 0.1) is 0 Å². The molecule has 0 aliphatic carbocycles. The Labute approximate surface area is 88.4 Å². The van der Waals surface area contributed by atoms with Gasteiger partial charge < -0.3 is 14.0 Å². The quantitative estimate of drug-likeness (QED) is 0.763. The maximum atomic E-state index is 5.07. The van der Waals surface area contributed by atoms with Gasteiger partial charge in [-0.3, -0.25) is 0 Å². The molecule has 0 aliphatic heterocycles. The number of methoxy groups -OCH3 is 2. The highest BCUT2D eigenvalue weighted by Crippen LogP contribution is 2.18. The molecule has 0 radical (unpaired) electrons. The van der Waals surface area contributed by atoms with E-state index in [0.717, 1.165) is 17.4 Å². The van der Waals surface area contributed by atoms with Gasteiger partial charge in [-0.1, -0.05) is 0 Å². The molecule has 0 aliphatic rings. The van der Waals surface area contributed by atoms with Crippen molar-refractivity contribution >= 4 is 10.9 Å². The molecule has 0 spiro atoms. The minimum atomic E-state index is 0.645. The summed E-state index contributed by atoms with van der Waals surface area (Å²) in [5, 5.41) is 1.14. The minimum Gasteiger partial charge on any atom is -0.481 e. The maximum Gasteiger partial charge on any atom is 0.213 e. The molecule has 0 N–H and O–H groups in total. The second kappa shape index (κ2) is 4.31. The van der Waals surface area contributed by atoms with E-state index in [2.05, 4.69) is 15.6 Å². The van der Waals surface area contributed by atoms with Crippen molar-refractivity contribution in [1.82, 2.24) is 9.55 Å². The van der Waals surface area contributed by atoms with Gasteiger partial charge in [0.15, 0.2) is 0 Å². The zero-order valence-corrected chi connectivity index (χ0v) is 8.93. The topological polar surface area (TPSA) is 36.3 Å². The van der Waals surface area contributed by atoms with Crippen LogP contribution in [0.4, 0.5) is 0 Å². The van der Waals surface area contributed by atoms with Crippen LogP contribution >= 0.6 is 0 Å². The number of fused-ring (bicyclic) bond motifs is 1. The van der Waals surface area contributed by atoms with E-state index in [1.54, 1.807) is 14.2 Å². The third-order valence-corrected chi connectivity index (χ3v) is 2.38. The van der Waals surface area contributed by atoms with Crippen LogP contribution in [-0.4, -0.2) is 30.4 Å². The molecule has 0 fully saturated rings. The van der Waals surface area contributed by atoms with E-state index >= 15 is 0 Å². The van der Waals surface area contributed by atoms with Crippen molar-refractivity contribution in [3.63, 3.8) is 0 Å². The number of aromatic nitrogens is 2. The minimum absolute atomic E-state index is 0.645. The molecule has 2 heterocycles. The van der Waals surface area contributed by atoms with Crippen molar-refractivity contribution in [1.29, 1.82) is 0 Å². The van der Waals surface area contributed by atoms with E-state index in [0.29, 0.717) is 12.5 Å². The van der Waals surface area contributed by atoms with Crippen LogP contribution < -0.4 is 4.74 Å². The van der Waals surface area contributed by atoms with Crippen molar-refractivity contribution in [3.8, 4) is 5.88 Å². The van der Waals surface area contributed by atoms with Gasteiger partial charge in [0.1, 0.15) is 0 Å². The van der Waals surface area contributed by atoms with Gasteiger partial charge in [-0.15, -0.1) is 0 Å². The SMILES string of the molecule is COCCn1ccc2cc(OC)ncc21. The summed E-state index contributed by atoms with van der Waals surface area (Å²) in [7, 11) is 3.32. The van der Waals surface area contributed by atoms with E-state index in [9.17, 15) is 0 Å². The fourth-order valence-electron chi connectivity index (χ4n) is 1.56. The van der Waals surface area contributed by atoms with Crippen LogP contribution in [-0.2, 0) is 11.3 Å². The first-order valence-corrected chi connectivity index (χ1v) is 4.83. The average molecular weight is 206 g/mol. The molecule has 0 atom stereocenters. The molecule has 2 aromatic rings. The molecule has 4 nitrogen and oxygen atoms in total. The van der Waals surface area contributed by atoms with E-state index in [1.165, 1.54) is 0 Å². The molecule has 2 rings (SSSR count). The van der Waals surface area contributed by atoms with Crippen molar-refractivity contribution in [2.45, 2.75) is 6.54 Å². The van der Waals surface area contributed by atoms with Gasteiger partial charge in [-0.25, -0.2) is 4.98 Å². The second-order valence-electron chi connectivity index (χ2n) is 3.29. The second-order valence-corrected chi connectivity index (χ2v) is 3.29. The Morgan fingerprint density at radius 2 is 2.27 bits per heavy atom. The monoisotopic (exact) mass is 206 g/mol. The van der Waals surface area contributed by atoms with Crippen LogP contribution in [0.1, 0.15) is 0 Å². The lowest BCUT2D eigenvalue weighted by atomic mass is 10.3. The van der Waals surface area contributed by atoms with Gasteiger partial charge in [-0.05, 0) is 6.07 Å². The fraction of sp³-hybridized carbons (Fsp3) is 0.364. The van der Waals surface area contributed by atoms with Crippen molar-refractivity contribution in [3.05, 3.63) is 24.5 Å². The Bertz CT molecular complexity index is 451. The summed E-state index contributed by atoms with van der Waals surface area (Å²) in [6.45, 7) is 1.55. The Morgan fingerprint density at radius 1 is 1.40 bits per heavy atom. The molecule has 0 bridgehead atoms. The number of hydrogen-bond acceptors (Lipinski definition) is 3. The fourth-order valence-corrected chi connectivity index (χ4v) is 1.56. The number of nitrogens with zero attached hydrogens (tertiary/aromatic N) is 2. The summed E-state index contributed by atoms with van der Waals surface area (Å²) in [5.41, 5.74) is 1.10. The number of hydrogen-bond donors (Lipinski definition) is 0. The van der Waals surface area contributed by atoms with Gasteiger partial charge in [0.2, 0.25) is 5.88 Å². The normalized spacial score (nSPS) is 10.8. The Morgan fingerprint density at radius 3 is 3.00 bits per heavy atom. The third-order valence-electron chi connectivity index (χ3n) is 2.38. The first-order chi connectivity index (χ1) is 7.35. The first-order valence-electron chi connectivity index (χ1n) is 4.83. The Balaban J connectivity index is 2.34. The summed E-state index contributed by atoms with van der Waals surface area (Å²) >= 11 is 0. The summed E-state index contributed by atoms with van der Waals surface area (Å²) in [4.78, 5) is 4.18. The zero-order valence-electron chi connectivity index (χ0n) is 8.93. The van der Waals surface area contributed by atoms with Crippen molar-refractivity contribution < 1.29 is 9.47 Å². The van der Waals surface area contributed by atoms with Crippen LogP contribution in [0.25, 0.3) is 10.9 Å². The predicted molar refractivity (Wildman–Crippen MR) is 58.2 cm³/mol. The average Bonchev–Trinajstić information content (AvgIpc) is 2.68. The predicted octanol–water partition coefficient (Wildman–Crippen LogP) is 1.69. The standard InChI is InChI=1S/C11H14N2O2/c1-14-6-5-13-4-3-9-7-11(15-2)12-8-10(9)13/h3-4,7-8H,5-6H2,1-2H3. The lowest BCUT2D eigenvalue weighted by Gasteiger charge is -2.04. The lowest BCUT2D eigenvalue weighted by molar-refractivity contribution is 0.188. The zero-order chi connectivity index (χ0) is 10.7. The van der Waals surface area contributed by atoms with E-state index < -0.39 is 0 Å². The molecular formula is C11H14N2O2. The highest BCUT2D eigenvalue weighted by atomic mass is 16.5. The van der Waals surface area contributed by atoms with Gasteiger partial charge in [-0.2, -0.15) is 0 Å². The summed E-state index contributed by atoms with van der Waals surface area (Å²) in [6, 6.07) is 3.98. The molecule has 15 heavy (non-hydrogen) atoms. The van der Waals surface area contributed by atoms with Crippen LogP contribution in [0.5, 0.6) is 5.88 Å². The van der Waals surface area contributed by atoms with Gasteiger partial charge in [0.05, 0.1) is 25.4 Å². The molecular weight excluding hydrogens is 192 g/mol. The Hall–Kier alpha value is -1.55. The molecule has 0 unspecified atom stereocenters. The van der Waals surface area contributed by atoms with Gasteiger partial charge in [0, 0.05) is 31.3 Å². The molecule has 0 aromatic carbocycles. The molecule has 2 aromatic heterocycles.